The molecule has 0 radical (unpaired) electrons. The molecule has 0 unspecified atom stereocenters. The molecule has 0 aliphatic rings. The Hall–Kier alpha value is -2.10. The van der Waals surface area contributed by atoms with Gasteiger partial charge in [-0.3, -0.25) is 0 Å². The first-order valence-corrected chi connectivity index (χ1v) is 4.64. The van der Waals surface area contributed by atoms with Gasteiger partial charge in [0.25, 0.3) is 0 Å². The van der Waals surface area contributed by atoms with Crippen LogP contribution in [0, 0.1) is 0 Å². The van der Waals surface area contributed by atoms with E-state index >= 15 is 0 Å². The normalized spacial score (nSPS) is 11.0. The molecule has 1 N–H and O–H groups in total. The van der Waals surface area contributed by atoms with Gasteiger partial charge in [-0.05, 0) is 18.2 Å². The second-order valence-corrected chi connectivity index (χ2v) is 3.35. The zero-order valence-corrected chi connectivity index (χ0v) is 8.19. The predicted molar refractivity (Wildman–Crippen MR) is 57.9 cm³/mol. The molecule has 0 saturated carbocycles. The molecule has 2 aromatic heterocycles. The van der Waals surface area contributed by atoms with E-state index in [-0.39, 0.29) is 0 Å². The van der Waals surface area contributed by atoms with Gasteiger partial charge in [-0.15, -0.1) is 0 Å². The molecule has 2 heterocycles. The number of nitrogens with one attached hydrogen (secondary N) is 1. The lowest BCUT2D eigenvalue weighted by Gasteiger charge is -1.98. The van der Waals surface area contributed by atoms with Crippen molar-refractivity contribution in [1.29, 1.82) is 0 Å². The molecular weight excluding hydrogens is 190 g/mol. The van der Waals surface area contributed by atoms with Crippen LogP contribution < -0.4 is 4.74 Å². The molecule has 1 aromatic carbocycles. The van der Waals surface area contributed by atoms with E-state index in [9.17, 15) is 0 Å². The maximum Gasteiger partial charge on any atom is 0.119 e. The molecule has 3 rings (SSSR count). The molecule has 15 heavy (non-hydrogen) atoms. The first-order valence-electron chi connectivity index (χ1n) is 4.64. The van der Waals surface area contributed by atoms with Crippen LogP contribution in [0.2, 0.25) is 0 Å². The van der Waals surface area contributed by atoms with Crippen LogP contribution >= 0.6 is 0 Å². The lowest BCUT2D eigenvalue weighted by atomic mass is 10.2. The summed E-state index contributed by atoms with van der Waals surface area (Å²) in [7, 11) is 1.66. The Bertz CT molecular complexity index is 630. The van der Waals surface area contributed by atoms with Gasteiger partial charge in [-0.2, -0.15) is 10.2 Å². The van der Waals surface area contributed by atoms with Crippen molar-refractivity contribution < 1.29 is 4.74 Å². The number of aromatic nitrogens is 3. The molecule has 0 bridgehead atoms. The Balaban J connectivity index is 2.46. The highest BCUT2D eigenvalue weighted by Gasteiger charge is 2.04. The Morgan fingerprint density at radius 1 is 1.07 bits per heavy atom. The third kappa shape index (κ3) is 1.15. The molecule has 0 atom stereocenters. The summed E-state index contributed by atoms with van der Waals surface area (Å²) in [5, 5.41) is 9.90. The van der Waals surface area contributed by atoms with Crippen molar-refractivity contribution in [1.82, 2.24) is 15.2 Å². The van der Waals surface area contributed by atoms with E-state index in [4.69, 9.17) is 4.74 Å². The van der Waals surface area contributed by atoms with Gasteiger partial charge in [0.2, 0.25) is 0 Å². The fraction of sp³-hybridized carbons (Fsp3) is 0.0909. The van der Waals surface area contributed by atoms with Crippen LogP contribution in [-0.2, 0) is 0 Å². The van der Waals surface area contributed by atoms with Gasteiger partial charge in [0.15, 0.2) is 0 Å². The largest absolute Gasteiger partial charge is 0.497 e. The highest BCUT2D eigenvalue weighted by atomic mass is 16.5. The number of rotatable bonds is 1. The number of methoxy groups -OCH3 is 1. The second kappa shape index (κ2) is 2.95. The first kappa shape index (κ1) is 8.23. The van der Waals surface area contributed by atoms with Crippen LogP contribution in [0.3, 0.4) is 0 Å². The Labute approximate surface area is 85.9 Å². The average molecular weight is 199 g/mol. The predicted octanol–water partition coefficient (Wildman–Crippen LogP) is 2.12. The van der Waals surface area contributed by atoms with E-state index in [1.165, 1.54) is 0 Å². The summed E-state index contributed by atoms with van der Waals surface area (Å²) >= 11 is 0. The minimum Gasteiger partial charge on any atom is -0.497 e. The van der Waals surface area contributed by atoms with Gasteiger partial charge < -0.3 is 9.72 Å². The third-order valence-corrected chi connectivity index (χ3v) is 2.52. The minimum absolute atomic E-state index is 0.847. The standard InChI is InChI=1S/C11H9N3O/c1-15-7-2-3-10-8(4-7)9-5-12-13-6-11(9)14-10/h2-6,14H,1H3. The molecule has 0 amide bonds. The summed E-state index contributed by atoms with van der Waals surface area (Å²) in [4.78, 5) is 3.27. The Morgan fingerprint density at radius 2 is 1.93 bits per heavy atom. The van der Waals surface area contributed by atoms with Crippen molar-refractivity contribution in [2.24, 2.45) is 0 Å². The zero-order chi connectivity index (χ0) is 10.3. The Morgan fingerprint density at radius 3 is 2.80 bits per heavy atom. The van der Waals surface area contributed by atoms with Crippen LogP contribution in [0.15, 0.2) is 30.6 Å². The number of nitrogens with zero attached hydrogens (tertiary/aromatic N) is 2. The summed E-state index contributed by atoms with van der Waals surface area (Å²) in [6.07, 6.45) is 3.48. The van der Waals surface area contributed by atoms with E-state index in [1.807, 2.05) is 18.2 Å². The topological polar surface area (TPSA) is 50.8 Å². The smallest absolute Gasteiger partial charge is 0.119 e. The van der Waals surface area contributed by atoms with Gasteiger partial charge in [0, 0.05) is 16.3 Å². The molecule has 0 fully saturated rings. The molecule has 0 aliphatic carbocycles. The summed E-state index contributed by atoms with van der Waals surface area (Å²) in [6.45, 7) is 0. The SMILES string of the molecule is COc1ccc2[nH]c3cnncc3c2c1. The number of benzene rings is 1. The van der Waals surface area contributed by atoms with E-state index in [0.29, 0.717) is 0 Å². The van der Waals surface area contributed by atoms with Crippen LogP contribution in [0.25, 0.3) is 21.8 Å². The molecule has 3 aromatic rings. The lowest BCUT2D eigenvalue weighted by molar-refractivity contribution is 0.415. The van der Waals surface area contributed by atoms with Crippen molar-refractivity contribution in [3.63, 3.8) is 0 Å². The molecule has 4 nitrogen and oxygen atoms in total. The number of H-pyrrole nitrogens is 1. The maximum atomic E-state index is 5.19. The van der Waals surface area contributed by atoms with E-state index < -0.39 is 0 Å². The van der Waals surface area contributed by atoms with Gasteiger partial charge in [0.05, 0.1) is 25.0 Å². The molecule has 74 valence electrons. The van der Waals surface area contributed by atoms with Crippen molar-refractivity contribution in [2.45, 2.75) is 0 Å². The first-order chi connectivity index (χ1) is 7.38. The van der Waals surface area contributed by atoms with E-state index in [0.717, 1.165) is 27.6 Å². The fourth-order valence-electron chi connectivity index (χ4n) is 1.76. The van der Waals surface area contributed by atoms with Crippen molar-refractivity contribution in [3.8, 4) is 5.75 Å². The highest BCUT2D eigenvalue weighted by Crippen LogP contribution is 2.27. The summed E-state index contributed by atoms with van der Waals surface area (Å²) < 4.78 is 5.19. The van der Waals surface area contributed by atoms with E-state index in [1.54, 1.807) is 19.5 Å². The number of hydrogen-bond donors (Lipinski definition) is 1. The second-order valence-electron chi connectivity index (χ2n) is 3.35. The van der Waals surface area contributed by atoms with Crippen molar-refractivity contribution in [3.05, 3.63) is 30.6 Å². The van der Waals surface area contributed by atoms with Gasteiger partial charge in [0.1, 0.15) is 5.75 Å². The van der Waals surface area contributed by atoms with Crippen molar-refractivity contribution >= 4 is 21.8 Å². The number of fused-ring (bicyclic) bond motifs is 3. The monoisotopic (exact) mass is 199 g/mol. The summed E-state index contributed by atoms with van der Waals surface area (Å²) in [6, 6.07) is 5.92. The molecular formula is C11H9N3O. The number of hydrogen-bond acceptors (Lipinski definition) is 3. The molecule has 0 aliphatic heterocycles. The van der Waals surface area contributed by atoms with Crippen LogP contribution in [0.1, 0.15) is 0 Å². The minimum atomic E-state index is 0.847. The van der Waals surface area contributed by atoms with Gasteiger partial charge in [-0.25, -0.2) is 0 Å². The van der Waals surface area contributed by atoms with Crippen LogP contribution in [0.4, 0.5) is 0 Å². The Kier molecular flexibility index (Phi) is 1.62. The zero-order valence-electron chi connectivity index (χ0n) is 8.19. The average Bonchev–Trinajstić information content (AvgIpc) is 2.66. The highest BCUT2D eigenvalue weighted by molar-refractivity contribution is 6.06. The van der Waals surface area contributed by atoms with E-state index in [2.05, 4.69) is 15.2 Å². The summed E-state index contributed by atoms with van der Waals surface area (Å²) in [5.41, 5.74) is 2.06. The number of ether oxygens (including phenoxy) is 1. The third-order valence-electron chi connectivity index (χ3n) is 2.52. The van der Waals surface area contributed by atoms with Gasteiger partial charge in [-0.1, -0.05) is 0 Å². The molecule has 4 heteroatoms. The van der Waals surface area contributed by atoms with Crippen LogP contribution in [-0.4, -0.2) is 22.3 Å². The quantitative estimate of drug-likeness (QED) is 0.653. The number of aromatic amines is 1. The van der Waals surface area contributed by atoms with Crippen LogP contribution in [0.5, 0.6) is 5.75 Å². The van der Waals surface area contributed by atoms with Crippen molar-refractivity contribution in [2.75, 3.05) is 7.11 Å². The summed E-state index contributed by atoms with van der Waals surface area (Å²) in [5.74, 6) is 0.847. The fourth-order valence-corrected chi connectivity index (χ4v) is 1.76. The molecule has 0 saturated heterocycles. The maximum absolute atomic E-state index is 5.19. The van der Waals surface area contributed by atoms with Gasteiger partial charge >= 0.3 is 0 Å². The lowest BCUT2D eigenvalue weighted by Crippen LogP contribution is -1.81. The molecule has 0 spiro atoms.